The SMILES string of the molecule is Nc1ccc(OCCC(=O)NC2CCCCC2O)cc1. The molecule has 1 aliphatic rings. The normalized spacial score (nSPS) is 22.2. The molecule has 0 bridgehead atoms. The smallest absolute Gasteiger partial charge is 0.223 e. The van der Waals surface area contributed by atoms with Gasteiger partial charge in [0.1, 0.15) is 5.75 Å². The maximum absolute atomic E-state index is 11.8. The molecule has 0 aromatic heterocycles. The molecule has 1 aromatic rings. The van der Waals surface area contributed by atoms with Gasteiger partial charge in [-0.3, -0.25) is 4.79 Å². The predicted molar refractivity (Wildman–Crippen MR) is 77.4 cm³/mol. The van der Waals surface area contributed by atoms with Crippen molar-refractivity contribution in [3.8, 4) is 5.75 Å². The Kier molecular flexibility index (Phi) is 5.24. The van der Waals surface area contributed by atoms with Gasteiger partial charge in [-0.2, -0.15) is 0 Å². The molecule has 1 aromatic carbocycles. The van der Waals surface area contributed by atoms with Crippen LogP contribution in [0.2, 0.25) is 0 Å². The number of rotatable bonds is 5. The van der Waals surface area contributed by atoms with E-state index in [1.165, 1.54) is 0 Å². The third-order valence-corrected chi connectivity index (χ3v) is 3.55. The molecule has 0 radical (unpaired) electrons. The Balaban J connectivity index is 1.68. The van der Waals surface area contributed by atoms with Crippen molar-refractivity contribution in [2.24, 2.45) is 0 Å². The highest BCUT2D eigenvalue weighted by atomic mass is 16.5. The summed E-state index contributed by atoms with van der Waals surface area (Å²) in [5.41, 5.74) is 6.26. The number of carbonyl (C=O) groups is 1. The van der Waals surface area contributed by atoms with Gasteiger partial charge in [-0.1, -0.05) is 12.8 Å². The number of aliphatic hydroxyl groups excluding tert-OH is 1. The first-order valence-electron chi connectivity index (χ1n) is 7.11. The van der Waals surface area contributed by atoms with E-state index in [1.54, 1.807) is 24.3 Å². The molecule has 2 rings (SSSR count). The average Bonchev–Trinajstić information content (AvgIpc) is 2.44. The third kappa shape index (κ3) is 4.42. The van der Waals surface area contributed by atoms with Crippen molar-refractivity contribution in [2.45, 2.75) is 44.2 Å². The Morgan fingerprint density at radius 1 is 1.30 bits per heavy atom. The van der Waals surface area contributed by atoms with E-state index in [0.29, 0.717) is 18.0 Å². The van der Waals surface area contributed by atoms with Crippen LogP contribution in [0.15, 0.2) is 24.3 Å². The second-order valence-electron chi connectivity index (χ2n) is 5.19. The summed E-state index contributed by atoms with van der Waals surface area (Å²) in [5, 5.41) is 12.7. The van der Waals surface area contributed by atoms with E-state index < -0.39 is 6.10 Å². The topological polar surface area (TPSA) is 84.6 Å². The maximum atomic E-state index is 11.8. The van der Waals surface area contributed by atoms with Gasteiger partial charge >= 0.3 is 0 Å². The zero-order chi connectivity index (χ0) is 14.4. The van der Waals surface area contributed by atoms with Gasteiger partial charge in [0.15, 0.2) is 0 Å². The summed E-state index contributed by atoms with van der Waals surface area (Å²) in [6.45, 7) is 0.318. The van der Waals surface area contributed by atoms with E-state index >= 15 is 0 Å². The Hall–Kier alpha value is -1.75. The largest absolute Gasteiger partial charge is 0.493 e. The van der Waals surface area contributed by atoms with Gasteiger partial charge in [0.25, 0.3) is 0 Å². The standard InChI is InChI=1S/C15H22N2O3/c16-11-5-7-12(8-6-11)20-10-9-15(19)17-13-3-1-2-4-14(13)18/h5-8,13-14,18H,1-4,9-10,16H2,(H,17,19). The Morgan fingerprint density at radius 3 is 2.70 bits per heavy atom. The molecule has 1 aliphatic carbocycles. The molecule has 1 fully saturated rings. The summed E-state index contributed by atoms with van der Waals surface area (Å²) in [7, 11) is 0. The molecule has 0 heterocycles. The van der Waals surface area contributed by atoms with Gasteiger partial charge in [0.05, 0.1) is 25.2 Å². The number of benzene rings is 1. The van der Waals surface area contributed by atoms with Crippen LogP contribution < -0.4 is 15.8 Å². The molecule has 0 saturated heterocycles. The van der Waals surface area contributed by atoms with E-state index in [4.69, 9.17) is 10.5 Å². The van der Waals surface area contributed by atoms with Crippen LogP contribution in [0.25, 0.3) is 0 Å². The first-order valence-corrected chi connectivity index (χ1v) is 7.11. The van der Waals surface area contributed by atoms with Gasteiger partial charge in [0, 0.05) is 5.69 Å². The quantitative estimate of drug-likeness (QED) is 0.712. The fraction of sp³-hybridized carbons (Fsp3) is 0.533. The summed E-state index contributed by atoms with van der Waals surface area (Å²) in [5.74, 6) is 0.621. The molecule has 2 unspecified atom stereocenters. The molecule has 5 heteroatoms. The number of ether oxygens (including phenoxy) is 1. The Labute approximate surface area is 119 Å². The van der Waals surface area contributed by atoms with E-state index in [-0.39, 0.29) is 18.4 Å². The molecule has 4 N–H and O–H groups in total. The van der Waals surface area contributed by atoms with Crippen molar-refractivity contribution in [3.05, 3.63) is 24.3 Å². The van der Waals surface area contributed by atoms with Crippen molar-refractivity contribution in [3.63, 3.8) is 0 Å². The highest BCUT2D eigenvalue weighted by Crippen LogP contribution is 2.18. The fourth-order valence-corrected chi connectivity index (χ4v) is 2.38. The van der Waals surface area contributed by atoms with Crippen LogP contribution >= 0.6 is 0 Å². The van der Waals surface area contributed by atoms with Gasteiger partial charge in [-0.05, 0) is 37.1 Å². The van der Waals surface area contributed by atoms with Crippen LogP contribution in [-0.2, 0) is 4.79 Å². The van der Waals surface area contributed by atoms with Crippen molar-refractivity contribution in [2.75, 3.05) is 12.3 Å². The summed E-state index contributed by atoms with van der Waals surface area (Å²) in [6.07, 6.45) is 3.59. The molecule has 2 atom stereocenters. The number of amides is 1. The number of nitrogen functional groups attached to an aromatic ring is 1. The Bertz CT molecular complexity index is 433. The first kappa shape index (κ1) is 14.7. The van der Waals surface area contributed by atoms with Crippen LogP contribution in [0.5, 0.6) is 5.75 Å². The number of nitrogens with two attached hydrogens (primary N) is 1. The second kappa shape index (κ2) is 7.14. The zero-order valence-corrected chi connectivity index (χ0v) is 11.5. The van der Waals surface area contributed by atoms with Crippen LogP contribution in [0, 0.1) is 0 Å². The first-order chi connectivity index (χ1) is 9.65. The van der Waals surface area contributed by atoms with E-state index in [0.717, 1.165) is 25.7 Å². The lowest BCUT2D eigenvalue weighted by atomic mass is 9.92. The molecule has 1 amide bonds. The predicted octanol–water partition coefficient (Wildman–Crippen LogP) is 1.46. The highest BCUT2D eigenvalue weighted by Gasteiger charge is 2.24. The number of aliphatic hydroxyl groups is 1. The number of carbonyl (C=O) groups excluding carboxylic acids is 1. The van der Waals surface area contributed by atoms with Crippen LogP contribution in [-0.4, -0.2) is 29.8 Å². The van der Waals surface area contributed by atoms with Gasteiger partial charge in [-0.25, -0.2) is 0 Å². The molecule has 5 nitrogen and oxygen atoms in total. The van der Waals surface area contributed by atoms with E-state index in [2.05, 4.69) is 5.32 Å². The minimum atomic E-state index is -0.411. The van der Waals surface area contributed by atoms with Gasteiger partial charge in [-0.15, -0.1) is 0 Å². The van der Waals surface area contributed by atoms with Crippen LogP contribution in [0.4, 0.5) is 5.69 Å². The summed E-state index contributed by atoms with van der Waals surface area (Å²) in [4.78, 5) is 11.8. The van der Waals surface area contributed by atoms with E-state index in [9.17, 15) is 9.90 Å². The lowest BCUT2D eigenvalue weighted by Crippen LogP contribution is -2.45. The fourth-order valence-electron chi connectivity index (χ4n) is 2.38. The number of anilines is 1. The highest BCUT2D eigenvalue weighted by molar-refractivity contribution is 5.76. The molecular formula is C15H22N2O3. The van der Waals surface area contributed by atoms with E-state index in [1.807, 2.05) is 0 Å². The Morgan fingerprint density at radius 2 is 2.00 bits per heavy atom. The maximum Gasteiger partial charge on any atom is 0.223 e. The second-order valence-corrected chi connectivity index (χ2v) is 5.19. The monoisotopic (exact) mass is 278 g/mol. The molecule has 20 heavy (non-hydrogen) atoms. The average molecular weight is 278 g/mol. The van der Waals surface area contributed by atoms with Crippen molar-refractivity contribution in [1.29, 1.82) is 0 Å². The minimum absolute atomic E-state index is 0.0774. The third-order valence-electron chi connectivity index (χ3n) is 3.55. The van der Waals surface area contributed by atoms with Crippen LogP contribution in [0.1, 0.15) is 32.1 Å². The van der Waals surface area contributed by atoms with Crippen molar-refractivity contribution < 1.29 is 14.6 Å². The lowest BCUT2D eigenvalue weighted by molar-refractivity contribution is -0.123. The number of nitrogens with one attached hydrogen (secondary N) is 1. The molecule has 1 saturated carbocycles. The number of hydrogen-bond donors (Lipinski definition) is 3. The summed E-state index contributed by atoms with van der Waals surface area (Å²) >= 11 is 0. The van der Waals surface area contributed by atoms with Crippen molar-refractivity contribution in [1.82, 2.24) is 5.32 Å². The van der Waals surface area contributed by atoms with Crippen LogP contribution in [0.3, 0.4) is 0 Å². The molecule has 0 spiro atoms. The summed E-state index contributed by atoms with van der Waals surface area (Å²) in [6, 6.07) is 6.96. The van der Waals surface area contributed by atoms with Crippen molar-refractivity contribution >= 4 is 11.6 Å². The van der Waals surface area contributed by atoms with Gasteiger partial charge < -0.3 is 20.9 Å². The van der Waals surface area contributed by atoms with Gasteiger partial charge in [0.2, 0.25) is 5.91 Å². The number of hydrogen-bond acceptors (Lipinski definition) is 4. The zero-order valence-electron chi connectivity index (χ0n) is 11.5. The molecular weight excluding hydrogens is 256 g/mol. The lowest BCUT2D eigenvalue weighted by Gasteiger charge is -2.28. The molecule has 110 valence electrons. The summed E-state index contributed by atoms with van der Waals surface area (Å²) < 4.78 is 5.47. The minimum Gasteiger partial charge on any atom is -0.493 e. The molecule has 0 aliphatic heterocycles.